The maximum atomic E-state index is 5.79. The van der Waals surface area contributed by atoms with Crippen molar-refractivity contribution in [2.75, 3.05) is 5.32 Å². The van der Waals surface area contributed by atoms with Gasteiger partial charge in [-0.1, -0.05) is 17.7 Å². The summed E-state index contributed by atoms with van der Waals surface area (Å²) < 4.78 is 1.95. The van der Waals surface area contributed by atoms with E-state index in [9.17, 15) is 0 Å². The predicted octanol–water partition coefficient (Wildman–Crippen LogP) is 4.01. The fraction of sp³-hybridized carbons (Fsp3) is 0.100. The molecule has 1 N–H and O–H groups in total. The fourth-order valence-corrected chi connectivity index (χ4v) is 2.59. The Bertz CT molecular complexity index is 458. The summed E-state index contributed by atoms with van der Waals surface area (Å²) in [5.41, 5.74) is 1.10. The Morgan fingerprint density at radius 1 is 1.47 bits per heavy atom. The number of nitrogens with one attached hydrogen (secondary N) is 1. The Balaban J connectivity index is 1.99. The molecule has 0 unspecified atom stereocenters. The van der Waals surface area contributed by atoms with Crippen molar-refractivity contribution in [3.63, 3.8) is 0 Å². The van der Waals surface area contributed by atoms with E-state index in [4.69, 9.17) is 11.6 Å². The van der Waals surface area contributed by atoms with Gasteiger partial charge in [-0.2, -0.15) is 0 Å². The molecule has 1 aromatic heterocycles. The van der Waals surface area contributed by atoms with Gasteiger partial charge in [0.15, 0.2) is 0 Å². The van der Waals surface area contributed by atoms with E-state index in [-0.39, 0.29) is 0 Å². The van der Waals surface area contributed by atoms with Crippen LogP contribution < -0.4 is 5.32 Å². The van der Waals surface area contributed by atoms with Gasteiger partial charge in [0.25, 0.3) is 0 Å². The second-order valence-corrected chi connectivity index (χ2v) is 5.91. The lowest BCUT2D eigenvalue weighted by molar-refractivity contribution is 1.10. The van der Waals surface area contributed by atoms with E-state index in [2.05, 4.69) is 45.0 Å². The molecule has 0 aliphatic carbocycles. The Morgan fingerprint density at radius 3 is 3.00 bits per heavy atom. The van der Waals surface area contributed by atoms with Gasteiger partial charge in [0.1, 0.15) is 9.34 Å². The Morgan fingerprint density at radius 2 is 2.33 bits per heavy atom. The highest BCUT2D eigenvalue weighted by molar-refractivity contribution is 14.1. The second-order valence-electron chi connectivity index (χ2n) is 2.92. The van der Waals surface area contributed by atoms with Gasteiger partial charge in [-0.3, -0.25) is 0 Å². The van der Waals surface area contributed by atoms with Gasteiger partial charge in [0, 0.05) is 9.26 Å². The first-order valence-electron chi connectivity index (χ1n) is 4.34. The minimum atomic E-state index is 0.720. The third-order valence-electron chi connectivity index (χ3n) is 1.79. The second kappa shape index (κ2) is 5.14. The molecular formula is C10H8ClIN2S. The van der Waals surface area contributed by atoms with Crippen LogP contribution in [0.2, 0.25) is 4.34 Å². The molecule has 0 atom stereocenters. The standard InChI is InChI=1S/C10H8ClIN2S/c11-9-5-14-10(15-9)6-13-8-3-1-2-7(12)4-8/h1-5,13H,6H2. The van der Waals surface area contributed by atoms with E-state index >= 15 is 0 Å². The van der Waals surface area contributed by atoms with E-state index < -0.39 is 0 Å². The zero-order chi connectivity index (χ0) is 10.7. The molecule has 15 heavy (non-hydrogen) atoms. The lowest BCUT2D eigenvalue weighted by Crippen LogP contribution is -1.98. The van der Waals surface area contributed by atoms with Crippen LogP contribution in [-0.2, 0) is 6.54 Å². The largest absolute Gasteiger partial charge is 0.378 e. The average Bonchev–Trinajstić information content (AvgIpc) is 2.62. The van der Waals surface area contributed by atoms with Crippen molar-refractivity contribution in [1.29, 1.82) is 0 Å². The molecule has 2 aromatic rings. The number of nitrogens with zero attached hydrogens (tertiary/aromatic N) is 1. The molecule has 2 nitrogen and oxygen atoms in total. The van der Waals surface area contributed by atoms with Gasteiger partial charge in [-0.25, -0.2) is 4.98 Å². The molecule has 78 valence electrons. The summed E-state index contributed by atoms with van der Waals surface area (Å²) in [6, 6.07) is 8.22. The van der Waals surface area contributed by atoms with Crippen LogP contribution in [0.15, 0.2) is 30.5 Å². The smallest absolute Gasteiger partial charge is 0.113 e. The third-order valence-corrected chi connectivity index (χ3v) is 3.58. The number of anilines is 1. The first-order chi connectivity index (χ1) is 7.24. The first-order valence-corrected chi connectivity index (χ1v) is 6.61. The van der Waals surface area contributed by atoms with Crippen LogP contribution in [0.3, 0.4) is 0 Å². The quantitative estimate of drug-likeness (QED) is 0.846. The van der Waals surface area contributed by atoms with Gasteiger partial charge in [-0.05, 0) is 40.8 Å². The molecule has 0 fully saturated rings. The van der Waals surface area contributed by atoms with Crippen molar-refractivity contribution < 1.29 is 0 Å². The van der Waals surface area contributed by atoms with Crippen molar-refractivity contribution in [2.24, 2.45) is 0 Å². The fourth-order valence-electron chi connectivity index (χ4n) is 1.15. The minimum Gasteiger partial charge on any atom is -0.378 e. The molecule has 0 spiro atoms. The first kappa shape index (κ1) is 11.2. The maximum Gasteiger partial charge on any atom is 0.113 e. The molecule has 2 rings (SSSR count). The van der Waals surface area contributed by atoms with Gasteiger partial charge in [0.2, 0.25) is 0 Å². The van der Waals surface area contributed by atoms with Gasteiger partial charge in [0.05, 0.1) is 12.7 Å². The summed E-state index contributed by atoms with van der Waals surface area (Å²) in [7, 11) is 0. The van der Waals surface area contributed by atoms with E-state index in [0.717, 1.165) is 21.6 Å². The predicted molar refractivity (Wildman–Crippen MR) is 73.6 cm³/mol. The summed E-state index contributed by atoms with van der Waals surface area (Å²) in [5, 5.41) is 4.30. The number of hydrogen-bond donors (Lipinski definition) is 1. The number of rotatable bonds is 3. The minimum absolute atomic E-state index is 0.720. The molecule has 0 amide bonds. The van der Waals surface area contributed by atoms with Crippen molar-refractivity contribution in [2.45, 2.75) is 6.54 Å². The molecule has 0 saturated carbocycles. The monoisotopic (exact) mass is 350 g/mol. The van der Waals surface area contributed by atoms with Gasteiger partial charge < -0.3 is 5.32 Å². The van der Waals surface area contributed by atoms with Crippen molar-refractivity contribution in [3.8, 4) is 0 Å². The lowest BCUT2D eigenvalue weighted by Gasteiger charge is -2.03. The topological polar surface area (TPSA) is 24.9 Å². The highest BCUT2D eigenvalue weighted by Crippen LogP contribution is 2.19. The lowest BCUT2D eigenvalue weighted by atomic mass is 10.3. The van der Waals surface area contributed by atoms with Crippen LogP contribution in [0, 0.1) is 3.57 Å². The normalized spacial score (nSPS) is 10.3. The molecule has 5 heteroatoms. The molecule has 0 aliphatic heterocycles. The Hall–Kier alpha value is -0.330. The summed E-state index contributed by atoms with van der Waals surface area (Å²) in [6.45, 7) is 0.720. The van der Waals surface area contributed by atoms with E-state index in [0.29, 0.717) is 0 Å². The zero-order valence-corrected chi connectivity index (χ0v) is 11.4. The summed E-state index contributed by atoms with van der Waals surface area (Å²) in [4.78, 5) is 4.18. The SMILES string of the molecule is Clc1cnc(CNc2cccc(I)c2)s1. The van der Waals surface area contributed by atoms with E-state index in [1.54, 1.807) is 6.20 Å². The number of aromatic nitrogens is 1. The molecule has 0 aliphatic rings. The summed E-state index contributed by atoms with van der Waals surface area (Å²) in [6.07, 6.45) is 1.68. The molecule has 1 aromatic carbocycles. The average molecular weight is 351 g/mol. The Kier molecular flexibility index (Phi) is 3.82. The van der Waals surface area contributed by atoms with Gasteiger partial charge >= 0.3 is 0 Å². The zero-order valence-electron chi connectivity index (χ0n) is 7.71. The number of thiazole rings is 1. The number of hydrogen-bond acceptors (Lipinski definition) is 3. The molecule has 0 saturated heterocycles. The molecule has 1 heterocycles. The molecule has 0 radical (unpaired) electrons. The van der Waals surface area contributed by atoms with E-state index in [1.165, 1.54) is 14.9 Å². The third kappa shape index (κ3) is 3.32. The number of benzene rings is 1. The highest BCUT2D eigenvalue weighted by atomic mass is 127. The van der Waals surface area contributed by atoms with Crippen LogP contribution in [0.1, 0.15) is 5.01 Å². The van der Waals surface area contributed by atoms with Crippen molar-refractivity contribution >= 4 is 51.2 Å². The van der Waals surface area contributed by atoms with Crippen LogP contribution in [0.5, 0.6) is 0 Å². The van der Waals surface area contributed by atoms with Crippen LogP contribution in [0.4, 0.5) is 5.69 Å². The molecule has 0 bridgehead atoms. The Labute approximate surface area is 111 Å². The van der Waals surface area contributed by atoms with E-state index in [1.807, 2.05) is 12.1 Å². The van der Waals surface area contributed by atoms with Gasteiger partial charge in [-0.15, -0.1) is 11.3 Å². The highest BCUT2D eigenvalue weighted by Gasteiger charge is 1.99. The van der Waals surface area contributed by atoms with Crippen LogP contribution in [-0.4, -0.2) is 4.98 Å². The number of halogens is 2. The van der Waals surface area contributed by atoms with Crippen LogP contribution in [0.25, 0.3) is 0 Å². The maximum absolute atomic E-state index is 5.79. The summed E-state index contributed by atoms with van der Waals surface area (Å²) in [5.74, 6) is 0. The molecular weight excluding hydrogens is 343 g/mol. The van der Waals surface area contributed by atoms with Crippen molar-refractivity contribution in [3.05, 3.63) is 43.4 Å². The van der Waals surface area contributed by atoms with Crippen LogP contribution >= 0.6 is 45.5 Å². The summed E-state index contributed by atoms with van der Waals surface area (Å²) >= 11 is 9.59. The van der Waals surface area contributed by atoms with Crippen molar-refractivity contribution in [1.82, 2.24) is 4.98 Å².